The van der Waals surface area contributed by atoms with E-state index in [1.807, 2.05) is 0 Å². The highest BCUT2D eigenvalue weighted by molar-refractivity contribution is 5.71. The first kappa shape index (κ1) is 11.6. The molecule has 1 aromatic carbocycles. The maximum atomic E-state index is 10.5. The number of carbonyl (C=O) groups is 1. The smallest absolute Gasteiger partial charge is 0.185 e. The number of hydrogen-bond donors (Lipinski definition) is 1. The minimum atomic E-state index is 0.367. The van der Waals surface area contributed by atoms with E-state index in [0.717, 1.165) is 24.0 Å². The average Bonchev–Trinajstić information content (AvgIpc) is 2.78. The second-order valence-corrected chi connectivity index (χ2v) is 4.59. The Hall–Kier alpha value is -1.90. The standard InChI is InChI=1S/C14H16N2O/c1-10(2)7-11-3-5-12(6-4-11)13-8-15-14(9-17)16-13/h3-6,8-10H,7H2,1-2H3,(H,15,16). The zero-order chi connectivity index (χ0) is 12.3. The number of hydrogen-bond acceptors (Lipinski definition) is 2. The molecule has 2 rings (SSSR count). The van der Waals surface area contributed by atoms with Crippen LogP contribution >= 0.6 is 0 Å². The second kappa shape index (κ2) is 4.95. The molecule has 88 valence electrons. The van der Waals surface area contributed by atoms with Crippen LogP contribution in [0.5, 0.6) is 0 Å². The third-order valence-electron chi connectivity index (χ3n) is 2.62. The number of imidazole rings is 1. The Labute approximate surface area is 101 Å². The molecule has 0 saturated heterocycles. The Morgan fingerprint density at radius 1 is 1.29 bits per heavy atom. The summed E-state index contributed by atoms with van der Waals surface area (Å²) in [6.45, 7) is 4.42. The summed E-state index contributed by atoms with van der Waals surface area (Å²) >= 11 is 0. The third kappa shape index (κ3) is 2.81. The molecule has 0 aliphatic carbocycles. The minimum Gasteiger partial charge on any atom is -0.336 e. The summed E-state index contributed by atoms with van der Waals surface area (Å²) in [7, 11) is 0. The van der Waals surface area contributed by atoms with E-state index in [0.29, 0.717) is 11.7 Å². The van der Waals surface area contributed by atoms with Crippen molar-refractivity contribution in [3.05, 3.63) is 41.9 Å². The third-order valence-corrected chi connectivity index (χ3v) is 2.62. The Kier molecular flexibility index (Phi) is 3.38. The molecule has 0 saturated carbocycles. The summed E-state index contributed by atoms with van der Waals surface area (Å²) in [5, 5.41) is 0. The van der Waals surface area contributed by atoms with Gasteiger partial charge in [0.05, 0.1) is 11.9 Å². The minimum absolute atomic E-state index is 0.367. The van der Waals surface area contributed by atoms with Crippen LogP contribution in [0.25, 0.3) is 11.3 Å². The number of nitrogens with zero attached hydrogens (tertiary/aromatic N) is 1. The molecule has 0 aliphatic heterocycles. The fourth-order valence-corrected chi connectivity index (χ4v) is 1.84. The number of aromatic amines is 1. The van der Waals surface area contributed by atoms with Gasteiger partial charge in [-0.25, -0.2) is 4.98 Å². The van der Waals surface area contributed by atoms with Crippen molar-refractivity contribution in [3.63, 3.8) is 0 Å². The first-order chi connectivity index (χ1) is 8.19. The molecule has 0 bridgehead atoms. The number of carbonyl (C=O) groups excluding carboxylic acids is 1. The van der Waals surface area contributed by atoms with Crippen LogP contribution in [0, 0.1) is 5.92 Å². The Bertz CT molecular complexity index is 497. The van der Waals surface area contributed by atoms with Gasteiger partial charge in [0.2, 0.25) is 0 Å². The summed E-state index contributed by atoms with van der Waals surface area (Å²) < 4.78 is 0. The number of H-pyrrole nitrogens is 1. The van der Waals surface area contributed by atoms with E-state index in [2.05, 4.69) is 48.1 Å². The number of aromatic nitrogens is 2. The molecule has 17 heavy (non-hydrogen) atoms. The normalized spacial score (nSPS) is 10.8. The van der Waals surface area contributed by atoms with E-state index in [-0.39, 0.29) is 0 Å². The molecule has 0 unspecified atom stereocenters. The zero-order valence-corrected chi connectivity index (χ0v) is 10.1. The SMILES string of the molecule is CC(C)Cc1ccc(-c2cnc(C=O)[nH]2)cc1. The van der Waals surface area contributed by atoms with Gasteiger partial charge in [0.15, 0.2) is 12.1 Å². The van der Waals surface area contributed by atoms with Crippen molar-refractivity contribution >= 4 is 6.29 Å². The summed E-state index contributed by atoms with van der Waals surface area (Å²) in [5.41, 5.74) is 3.26. The van der Waals surface area contributed by atoms with Gasteiger partial charge in [-0.05, 0) is 23.5 Å². The lowest BCUT2D eigenvalue weighted by Gasteiger charge is -2.05. The first-order valence-electron chi connectivity index (χ1n) is 5.78. The lowest BCUT2D eigenvalue weighted by atomic mass is 10.0. The molecule has 0 fully saturated rings. The molecule has 3 nitrogen and oxygen atoms in total. The van der Waals surface area contributed by atoms with Crippen LogP contribution in [-0.4, -0.2) is 16.3 Å². The van der Waals surface area contributed by atoms with E-state index >= 15 is 0 Å². The largest absolute Gasteiger partial charge is 0.336 e. The number of rotatable bonds is 4. The van der Waals surface area contributed by atoms with Gasteiger partial charge in [-0.15, -0.1) is 0 Å². The molecule has 3 heteroatoms. The van der Waals surface area contributed by atoms with Crippen molar-refractivity contribution < 1.29 is 4.79 Å². The van der Waals surface area contributed by atoms with Crippen molar-refractivity contribution in [1.82, 2.24) is 9.97 Å². The van der Waals surface area contributed by atoms with E-state index in [1.54, 1.807) is 6.20 Å². The highest BCUT2D eigenvalue weighted by Crippen LogP contribution is 2.18. The number of benzene rings is 1. The van der Waals surface area contributed by atoms with Crippen LogP contribution in [0.15, 0.2) is 30.5 Å². The zero-order valence-electron chi connectivity index (χ0n) is 10.1. The quantitative estimate of drug-likeness (QED) is 0.817. The Balaban J connectivity index is 2.19. The van der Waals surface area contributed by atoms with Gasteiger partial charge in [0.1, 0.15) is 0 Å². The molecule has 0 atom stereocenters. The molecule has 1 N–H and O–H groups in total. The molecular weight excluding hydrogens is 212 g/mol. The Morgan fingerprint density at radius 2 is 2.00 bits per heavy atom. The van der Waals surface area contributed by atoms with Crippen LogP contribution < -0.4 is 0 Å². The van der Waals surface area contributed by atoms with E-state index in [1.165, 1.54) is 5.56 Å². The maximum absolute atomic E-state index is 10.5. The molecular formula is C14H16N2O. The fourth-order valence-electron chi connectivity index (χ4n) is 1.84. The van der Waals surface area contributed by atoms with Gasteiger partial charge in [-0.3, -0.25) is 4.79 Å². The van der Waals surface area contributed by atoms with Gasteiger partial charge in [0.25, 0.3) is 0 Å². The van der Waals surface area contributed by atoms with Crippen LogP contribution in [0.3, 0.4) is 0 Å². The molecule has 0 amide bonds. The van der Waals surface area contributed by atoms with Gasteiger partial charge in [-0.2, -0.15) is 0 Å². The van der Waals surface area contributed by atoms with Crippen molar-refractivity contribution in [2.75, 3.05) is 0 Å². The van der Waals surface area contributed by atoms with E-state index < -0.39 is 0 Å². The van der Waals surface area contributed by atoms with Crippen LogP contribution in [0.1, 0.15) is 30.0 Å². The Morgan fingerprint density at radius 3 is 2.53 bits per heavy atom. The summed E-state index contributed by atoms with van der Waals surface area (Å²) in [6.07, 6.45) is 3.49. The molecule has 0 spiro atoms. The van der Waals surface area contributed by atoms with E-state index in [9.17, 15) is 4.79 Å². The highest BCUT2D eigenvalue weighted by atomic mass is 16.1. The lowest BCUT2D eigenvalue weighted by Crippen LogP contribution is -1.93. The van der Waals surface area contributed by atoms with Crippen molar-refractivity contribution in [2.45, 2.75) is 20.3 Å². The van der Waals surface area contributed by atoms with Crippen molar-refractivity contribution in [3.8, 4) is 11.3 Å². The predicted octanol–water partition coefficient (Wildman–Crippen LogP) is 3.09. The summed E-state index contributed by atoms with van der Waals surface area (Å²) in [5.74, 6) is 1.03. The summed E-state index contributed by atoms with van der Waals surface area (Å²) in [6, 6.07) is 8.35. The van der Waals surface area contributed by atoms with Crippen LogP contribution in [-0.2, 0) is 6.42 Å². The van der Waals surface area contributed by atoms with Gasteiger partial charge in [0, 0.05) is 0 Å². The predicted molar refractivity (Wildman–Crippen MR) is 68.0 cm³/mol. The molecule has 1 heterocycles. The molecule has 2 aromatic rings. The highest BCUT2D eigenvalue weighted by Gasteiger charge is 2.03. The molecule has 0 radical (unpaired) electrons. The lowest BCUT2D eigenvalue weighted by molar-refractivity contribution is 0.111. The topological polar surface area (TPSA) is 45.8 Å². The van der Waals surface area contributed by atoms with Gasteiger partial charge in [-0.1, -0.05) is 38.1 Å². The van der Waals surface area contributed by atoms with Gasteiger partial charge >= 0.3 is 0 Å². The fraction of sp³-hybridized carbons (Fsp3) is 0.286. The van der Waals surface area contributed by atoms with Crippen LogP contribution in [0.4, 0.5) is 0 Å². The van der Waals surface area contributed by atoms with Gasteiger partial charge < -0.3 is 4.98 Å². The summed E-state index contributed by atoms with van der Waals surface area (Å²) in [4.78, 5) is 17.5. The van der Waals surface area contributed by atoms with E-state index in [4.69, 9.17) is 0 Å². The number of aldehydes is 1. The van der Waals surface area contributed by atoms with Crippen molar-refractivity contribution in [2.24, 2.45) is 5.92 Å². The van der Waals surface area contributed by atoms with Crippen molar-refractivity contribution in [1.29, 1.82) is 0 Å². The average molecular weight is 228 g/mol. The second-order valence-electron chi connectivity index (χ2n) is 4.59. The first-order valence-corrected chi connectivity index (χ1v) is 5.78. The number of nitrogens with one attached hydrogen (secondary N) is 1. The molecule has 0 aliphatic rings. The monoisotopic (exact) mass is 228 g/mol. The van der Waals surface area contributed by atoms with Crippen LogP contribution in [0.2, 0.25) is 0 Å². The molecule has 1 aromatic heterocycles. The maximum Gasteiger partial charge on any atom is 0.185 e.